The van der Waals surface area contributed by atoms with Crippen molar-refractivity contribution >= 4 is 21.4 Å². The first-order valence-electron chi connectivity index (χ1n) is 5.93. The summed E-state index contributed by atoms with van der Waals surface area (Å²) < 4.78 is 37.0. The normalized spacial score (nSPS) is 15.2. The lowest BCUT2D eigenvalue weighted by Crippen LogP contribution is -2.32. The summed E-state index contributed by atoms with van der Waals surface area (Å²) in [4.78, 5) is 11.2. The fourth-order valence-electron chi connectivity index (χ4n) is 1.66. The molecule has 0 radical (unpaired) electrons. The molecule has 19 heavy (non-hydrogen) atoms. The second-order valence-corrected chi connectivity index (χ2v) is 6.65. The fourth-order valence-corrected chi connectivity index (χ4v) is 2.98. The van der Waals surface area contributed by atoms with Gasteiger partial charge in [0.2, 0.25) is 5.91 Å². The van der Waals surface area contributed by atoms with E-state index in [1.807, 2.05) is 0 Å². The molecule has 0 spiro atoms. The summed E-state index contributed by atoms with van der Waals surface area (Å²) in [6, 6.07) is 3.07. The summed E-state index contributed by atoms with van der Waals surface area (Å²) in [7, 11) is -3.92. The predicted octanol–water partition coefficient (Wildman–Crippen LogP) is 0.708. The zero-order valence-corrected chi connectivity index (χ0v) is 11.0. The standard InChI is InChI=1S/C12H15FN2O3S/c13-9-3-4-10(14)11(5-9)19(17,18)7-12(16)15-6-8-1-2-8/h3-5,8H,1-2,6-7,14H2,(H,15,16). The highest BCUT2D eigenvalue weighted by atomic mass is 32.2. The Morgan fingerprint density at radius 1 is 1.42 bits per heavy atom. The van der Waals surface area contributed by atoms with E-state index in [1.165, 1.54) is 6.07 Å². The van der Waals surface area contributed by atoms with Crippen LogP contribution in [0.15, 0.2) is 23.1 Å². The first kappa shape index (κ1) is 13.8. The maximum atomic E-state index is 13.1. The topological polar surface area (TPSA) is 89.3 Å². The zero-order valence-electron chi connectivity index (χ0n) is 10.2. The van der Waals surface area contributed by atoms with E-state index in [0.717, 1.165) is 25.0 Å². The van der Waals surface area contributed by atoms with E-state index in [-0.39, 0.29) is 10.6 Å². The second-order valence-electron chi connectivity index (χ2n) is 4.69. The van der Waals surface area contributed by atoms with Gasteiger partial charge in [-0.1, -0.05) is 0 Å². The van der Waals surface area contributed by atoms with Gasteiger partial charge in [0.25, 0.3) is 0 Å². The average molecular weight is 286 g/mol. The number of carbonyl (C=O) groups excluding carboxylic acids is 1. The molecule has 5 nitrogen and oxygen atoms in total. The maximum absolute atomic E-state index is 13.1. The molecule has 1 amide bonds. The largest absolute Gasteiger partial charge is 0.398 e. The van der Waals surface area contributed by atoms with Crippen LogP contribution in [0.5, 0.6) is 0 Å². The minimum atomic E-state index is -3.92. The van der Waals surface area contributed by atoms with Gasteiger partial charge in [0, 0.05) is 6.54 Å². The molecule has 0 saturated heterocycles. The molecule has 1 fully saturated rings. The summed E-state index contributed by atoms with van der Waals surface area (Å²) in [5, 5.41) is 2.55. The van der Waals surface area contributed by atoms with Gasteiger partial charge < -0.3 is 11.1 Å². The van der Waals surface area contributed by atoms with E-state index in [2.05, 4.69) is 5.32 Å². The van der Waals surface area contributed by atoms with Gasteiger partial charge in [-0.05, 0) is 37.0 Å². The lowest BCUT2D eigenvalue weighted by atomic mass is 10.3. The number of hydrogen-bond acceptors (Lipinski definition) is 4. The molecule has 0 unspecified atom stereocenters. The molecule has 1 aromatic rings. The van der Waals surface area contributed by atoms with Crippen LogP contribution in [0, 0.1) is 11.7 Å². The molecule has 1 saturated carbocycles. The van der Waals surface area contributed by atoms with E-state index >= 15 is 0 Å². The predicted molar refractivity (Wildman–Crippen MR) is 68.6 cm³/mol. The Morgan fingerprint density at radius 3 is 2.74 bits per heavy atom. The summed E-state index contributed by atoms with van der Waals surface area (Å²) in [5.74, 6) is -1.54. The van der Waals surface area contributed by atoms with Gasteiger partial charge in [-0.25, -0.2) is 12.8 Å². The van der Waals surface area contributed by atoms with Gasteiger partial charge in [-0.2, -0.15) is 0 Å². The number of halogens is 1. The lowest BCUT2D eigenvalue weighted by molar-refractivity contribution is -0.118. The number of nitrogen functional groups attached to an aromatic ring is 1. The maximum Gasteiger partial charge on any atom is 0.235 e. The molecule has 0 aromatic heterocycles. The molecule has 104 valence electrons. The van der Waals surface area contributed by atoms with Gasteiger partial charge >= 0.3 is 0 Å². The van der Waals surface area contributed by atoms with Crippen molar-refractivity contribution in [3.8, 4) is 0 Å². The number of sulfone groups is 1. The number of rotatable bonds is 5. The van der Waals surface area contributed by atoms with Gasteiger partial charge in [0.05, 0.1) is 10.6 Å². The van der Waals surface area contributed by atoms with Gasteiger partial charge in [-0.15, -0.1) is 0 Å². The van der Waals surface area contributed by atoms with Crippen LogP contribution in [0.3, 0.4) is 0 Å². The van der Waals surface area contributed by atoms with E-state index in [4.69, 9.17) is 5.73 Å². The highest BCUT2D eigenvalue weighted by Crippen LogP contribution is 2.27. The fraction of sp³-hybridized carbons (Fsp3) is 0.417. The molecule has 2 rings (SSSR count). The van der Waals surface area contributed by atoms with Gasteiger partial charge in [0.1, 0.15) is 11.6 Å². The van der Waals surface area contributed by atoms with Crippen molar-refractivity contribution in [1.82, 2.24) is 5.32 Å². The van der Waals surface area contributed by atoms with Crippen LogP contribution in [-0.4, -0.2) is 26.6 Å². The van der Waals surface area contributed by atoms with Crippen LogP contribution in [0.4, 0.5) is 10.1 Å². The van der Waals surface area contributed by atoms with Crippen LogP contribution in [0.2, 0.25) is 0 Å². The molecule has 0 aliphatic heterocycles. The van der Waals surface area contributed by atoms with Crippen LogP contribution in [-0.2, 0) is 14.6 Å². The van der Waals surface area contributed by atoms with Crippen molar-refractivity contribution in [1.29, 1.82) is 0 Å². The monoisotopic (exact) mass is 286 g/mol. The van der Waals surface area contributed by atoms with E-state index in [1.54, 1.807) is 0 Å². The number of benzene rings is 1. The Morgan fingerprint density at radius 2 is 2.11 bits per heavy atom. The number of nitrogens with two attached hydrogens (primary N) is 1. The number of hydrogen-bond donors (Lipinski definition) is 2. The number of nitrogens with one attached hydrogen (secondary N) is 1. The summed E-state index contributed by atoms with van der Waals surface area (Å²) in [6.07, 6.45) is 2.12. The third-order valence-corrected chi connectivity index (χ3v) is 4.58. The van der Waals surface area contributed by atoms with Gasteiger partial charge in [-0.3, -0.25) is 4.79 Å². The summed E-state index contributed by atoms with van der Waals surface area (Å²) >= 11 is 0. The van der Waals surface area contributed by atoms with E-state index < -0.39 is 27.3 Å². The minimum Gasteiger partial charge on any atom is -0.398 e. The molecular weight excluding hydrogens is 271 g/mol. The molecule has 0 atom stereocenters. The van der Waals surface area contributed by atoms with Crippen LogP contribution in [0.1, 0.15) is 12.8 Å². The van der Waals surface area contributed by atoms with Crippen molar-refractivity contribution in [2.24, 2.45) is 5.92 Å². The smallest absolute Gasteiger partial charge is 0.235 e. The van der Waals surface area contributed by atoms with Crippen LogP contribution < -0.4 is 11.1 Å². The number of anilines is 1. The molecule has 0 bridgehead atoms. The van der Waals surface area contributed by atoms with E-state index in [0.29, 0.717) is 12.5 Å². The van der Waals surface area contributed by atoms with Crippen molar-refractivity contribution in [2.75, 3.05) is 18.0 Å². The Balaban J connectivity index is 2.08. The van der Waals surface area contributed by atoms with Gasteiger partial charge in [0.15, 0.2) is 9.84 Å². The highest BCUT2D eigenvalue weighted by Gasteiger charge is 2.25. The van der Waals surface area contributed by atoms with E-state index in [9.17, 15) is 17.6 Å². The second kappa shape index (κ2) is 5.16. The first-order valence-corrected chi connectivity index (χ1v) is 7.58. The van der Waals surface area contributed by atoms with Crippen molar-refractivity contribution < 1.29 is 17.6 Å². The molecule has 7 heteroatoms. The molecular formula is C12H15FN2O3S. The Kier molecular flexibility index (Phi) is 3.75. The third-order valence-electron chi connectivity index (χ3n) is 2.92. The molecule has 3 N–H and O–H groups in total. The molecule has 1 aliphatic rings. The molecule has 1 aromatic carbocycles. The summed E-state index contributed by atoms with van der Waals surface area (Å²) in [6.45, 7) is 0.493. The lowest BCUT2D eigenvalue weighted by Gasteiger charge is -2.08. The molecule has 0 heterocycles. The third kappa shape index (κ3) is 3.66. The number of amides is 1. The Bertz CT molecular complexity index is 597. The SMILES string of the molecule is Nc1ccc(F)cc1S(=O)(=O)CC(=O)NCC1CC1. The molecule has 1 aliphatic carbocycles. The van der Waals surface area contributed by atoms with Crippen molar-refractivity contribution in [3.63, 3.8) is 0 Å². The van der Waals surface area contributed by atoms with Crippen molar-refractivity contribution in [3.05, 3.63) is 24.0 Å². The van der Waals surface area contributed by atoms with Crippen LogP contribution in [0.25, 0.3) is 0 Å². The average Bonchev–Trinajstić information content (AvgIpc) is 3.13. The minimum absolute atomic E-state index is 0.0589. The first-order chi connectivity index (χ1) is 8.88. The Hall–Kier alpha value is -1.63. The Labute approximate surface area is 110 Å². The quantitative estimate of drug-likeness (QED) is 0.780. The van der Waals surface area contributed by atoms with Crippen molar-refractivity contribution in [2.45, 2.75) is 17.7 Å². The zero-order chi connectivity index (χ0) is 14.0. The highest BCUT2D eigenvalue weighted by molar-refractivity contribution is 7.92. The summed E-state index contributed by atoms with van der Waals surface area (Å²) in [5.41, 5.74) is 5.45. The number of carbonyl (C=O) groups is 1. The van der Waals surface area contributed by atoms with Crippen LogP contribution >= 0.6 is 0 Å².